The third kappa shape index (κ3) is 3.14. The molecule has 0 radical (unpaired) electrons. The number of ether oxygens (including phenoxy) is 2. The van der Waals surface area contributed by atoms with Gasteiger partial charge < -0.3 is 20.0 Å². The second-order valence-corrected chi connectivity index (χ2v) is 5.81. The van der Waals surface area contributed by atoms with Gasteiger partial charge in [0, 0.05) is 17.0 Å². The van der Waals surface area contributed by atoms with Gasteiger partial charge in [0.1, 0.15) is 12.0 Å². The number of nitrogens with zero attached hydrogens (tertiary/aromatic N) is 3. The normalized spacial score (nSPS) is 12.8. The number of oxime groups is 1. The molecule has 4 rings (SSSR count). The molecule has 8 heteroatoms. The molecule has 1 aliphatic heterocycles. The van der Waals surface area contributed by atoms with Crippen LogP contribution in [-0.2, 0) is 6.54 Å². The number of hydrogen-bond acceptors (Lipinski definition) is 7. The number of aromatic nitrogens is 2. The maximum Gasteiger partial charge on any atom is 0.231 e. The molecular weight excluding hydrogens is 344 g/mol. The molecule has 0 spiro atoms. The van der Waals surface area contributed by atoms with E-state index in [1.165, 1.54) is 6.21 Å². The molecule has 0 bridgehead atoms. The monoisotopic (exact) mass is 356 g/mol. The van der Waals surface area contributed by atoms with Crippen LogP contribution in [0.2, 0.25) is 5.02 Å². The van der Waals surface area contributed by atoms with Crippen LogP contribution >= 0.6 is 11.6 Å². The van der Waals surface area contributed by atoms with E-state index in [1.807, 2.05) is 18.2 Å². The smallest absolute Gasteiger partial charge is 0.231 e. The first-order chi connectivity index (χ1) is 12.2. The Hall–Kier alpha value is -3.06. The number of halogens is 1. The Morgan fingerprint density at radius 2 is 2.04 bits per heavy atom. The molecule has 126 valence electrons. The van der Waals surface area contributed by atoms with Crippen molar-refractivity contribution in [2.45, 2.75) is 6.54 Å². The second-order valence-electron chi connectivity index (χ2n) is 5.38. The molecule has 3 aromatic rings. The molecule has 2 N–H and O–H groups in total. The van der Waals surface area contributed by atoms with Gasteiger partial charge >= 0.3 is 0 Å². The average Bonchev–Trinajstić information content (AvgIpc) is 3.08. The van der Waals surface area contributed by atoms with Crippen molar-refractivity contribution in [1.82, 2.24) is 9.97 Å². The van der Waals surface area contributed by atoms with Crippen LogP contribution in [0.5, 0.6) is 11.5 Å². The lowest BCUT2D eigenvalue weighted by Gasteiger charge is -2.10. The van der Waals surface area contributed by atoms with Gasteiger partial charge in [0.15, 0.2) is 17.3 Å². The number of nitrogens with one attached hydrogen (secondary N) is 1. The van der Waals surface area contributed by atoms with Crippen molar-refractivity contribution in [3.63, 3.8) is 0 Å². The number of fused-ring (bicyclic) bond motifs is 2. The van der Waals surface area contributed by atoms with E-state index in [0.717, 1.165) is 22.4 Å². The molecule has 0 saturated heterocycles. The molecule has 7 nitrogen and oxygen atoms in total. The Bertz CT molecular complexity index is 978. The van der Waals surface area contributed by atoms with Crippen molar-refractivity contribution >= 4 is 34.5 Å². The van der Waals surface area contributed by atoms with Crippen LogP contribution in [0.3, 0.4) is 0 Å². The van der Waals surface area contributed by atoms with E-state index in [-0.39, 0.29) is 6.79 Å². The SMILES string of the molecule is ON=Cc1nc(NCc2ccc3c(c2)OCO3)c2cc(Cl)ccc2n1. The first-order valence-electron chi connectivity index (χ1n) is 7.50. The van der Waals surface area contributed by atoms with Gasteiger partial charge in [-0.3, -0.25) is 0 Å². The topological polar surface area (TPSA) is 88.9 Å². The third-order valence-electron chi connectivity index (χ3n) is 3.75. The molecule has 0 fully saturated rings. The minimum atomic E-state index is 0.241. The molecule has 0 unspecified atom stereocenters. The van der Waals surface area contributed by atoms with Gasteiger partial charge in [0.2, 0.25) is 6.79 Å². The summed E-state index contributed by atoms with van der Waals surface area (Å²) in [5.74, 6) is 2.36. The highest BCUT2D eigenvalue weighted by atomic mass is 35.5. The first-order valence-corrected chi connectivity index (χ1v) is 7.88. The van der Waals surface area contributed by atoms with Crippen molar-refractivity contribution in [2.75, 3.05) is 12.1 Å². The second kappa shape index (κ2) is 6.45. The van der Waals surface area contributed by atoms with Crippen LogP contribution < -0.4 is 14.8 Å². The van der Waals surface area contributed by atoms with Gasteiger partial charge in [-0.1, -0.05) is 22.8 Å². The zero-order chi connectivity index (χ0) is 17.2. The fraction of sp³-hybridized carbons (Fsp3) is 0.118. The minimum Gasteiger partial charge on any atom is -0.454 e. The number of hydrogen-bond donors (Lipinski definition) is 2. The van der Waals surface area contributed by atoms with Crippen LogP contribution in [0.25, 0.3) is 10.9 Å². The molecule has 0 amide bonds. The zero-order valence-corrected chi connectivity index (χ0v) is 13.7. The van der Waals surface area contributed by atoms with Crippen molar-refractivity contribution < 1.29 is 14.7 Å². The van der Waals surface area contributed by atoms with Crippen LogP contribution in [-0.4, -0.2) is 28.2 Å². The van der Waals surface area contributed by atoms with Gasteiger partial charge in [-0.15, -0.1) is 0 Å². The molecule has 2 heterocycles. The highest BCUT2D eigenvalue weighted by Crippen LogP contribution is 2.33. The number of benzene rings is 2. The van der Waals surface area contributed by atoms with Crippen molar-refractivity contribution in [3.8, 4) is 11.5 Å². The van der Waals surface area contributed by atoms with E-state index >= 15 is 0 Å². The molecule has 1 aliphatic rings. The Morgan fingerprint density at radius 1 is 1.16 bits per heavy atom. The summed E-state index contributed by atoms with van der Waals surface area (Å²) in [6, 6.07) is 11.1. The minimum absolute atomic E-state index is 0.241. The zero-order valence-electron chi connectivity index (χ0n) is 12.9. The largest absolute Gasteiger partial charge is 0.454 e. The molecule has 1 aromatic heterocycles. The standard InChI is InChI=1S/C17H13ClN4O3/c18-11-2-3-13-12(6-11)17(22-16(21-13)8-20-23)19-7-10-1-4-14-15(5-10)25-9-24-14/h1-6,8,23H,7,9H2,(H,19,21,22). The third-order valence-corrected chi connectivity index (χ3v) is 3.98. The summed E-state index contributed by atoms with van der Waals surface area (Å²) in [4.78, 5) is 8.69. The van der Waals surface area contributed by atoms with E-state index < -0.39 is 0 Å². The molecule has 2 aromatic carbocycles. The first kappa shape index (κ1) is 15.5. The van der Waals surface area contributed by atoms with Crippen molar-refractivity contribution in [2.24, 2.45) is 5.16 Å². The van der Waals surface area contributed by atoms with Crippen LogP contribution in [0, 0.1) is 0 Å². The van der Waals surface area contributed by atoms with Crippen LogP contribution in [0.15, 0.2) is 41.6 Å². The quantitative estimate of drug-likeness (QED) is 0.423. The molecule has 25 heavy (non-hydrogen) atoms. The van der Waals surface area contributed by atoms with Crippen molar-refractivity contribution in [3.05, 3.63) is 52.8 Å². The highest BCUT2D eigenvalue weighted by Gasteiger charge is 2.13. The fourth-order valence-electron chi connectivity index (χ4n) is 2.60. The van der Waals surface area contributed by atoms with E-state index in [4.69, 9.17) is 26.3 Å². The lowest BCUT2D eigenvalue weighted by Crippen LogP contribution is -2.05. The lowest BCUT2D eigenvalue weighted by atomic mass is 10.2. The summed E-state index contributed by atoms with van der Waals surface area (Å²) in [6.07, 6.45) is 1.18. The Kier molecular flexibility index (Phi) is 3.99. The van der Waals surface area contributed by atoms with Crippen LogP contribution in [0.1, 0.15) is 11.4 Å². The maximum absolute atomic E-state index is 8.75. The molecule has 0 atom stereocenters. The Labute approximate surface area is 147 Å². The van der Waals surface area contributed by atoms with E-state index in [9.17, 15) is 0 Å². The van der Waals surface area contributed by atoms with Gasteiger partial charge in [-0.05, 0) is 35.9 Å². The van der Waals surface area contributed by atoms with Gasteiger partial charge in [0.05, 0.1) is 5.52 Å². The number of anilines is 1. The summed E-state index contributed by atoms with van der Waals surface area (Å²) in [7, 11) is 0. The summed E-state index contributed by atoms with van der Waals surface area (Å²) in [5, 5.41) is 16.4. The van der Waals surface area contributed by atoms with Crippen LogP contribution in [0.4, 0.5) is 5.82 Å². The average molecular weight is 357 g/mol. The lowest BCUT2D eigenvalue weighted by molar-refractivity contribution is 0.174. The summed E-state index contributed by atoms with van der Waals surface area (Å²) >= 11 is 6.09. The molecule has 0 saturated carbocycles. The predicted octanol–water partition coefficient (Wildman–Crippen LogP) is 3.43. The van der Waals surface area contributed by atoms with Gasteiger partial charge in [0.25, 0.3) is 0 Å². The molecular formula is C17H13ClN4O3. The van der Waals surface area contributed by atoms with Gasteiger partial charge in [-0.2, -0.15) is 0 Å². The van der Waals surface area contributed by atoms with E-state index in [0.29, 0.717) is 28.7 Å². The summed E-state index contributed by atoms with van der Waals surface area (Å²) < 4.78 is 10.7. The highest BCUT2D eigenvalue weighted by molar-refractivity contribution is 6.31. The molecule has 0 aliphatic carbocycles. The fourth-order valence-corrected chi connectivity index (χ4v) is 2.77. The van der Waals surface area contributed by atoms with E-state index in [2.05, 4.69) is 20.4 Å². The predicted molar refractivity (Wildman–Crippen MR) is 93.8 cm³/mol. The van der Waals surface area contributed by atoms with Gasteiger partial charge in [-0.25, -0.2) is 9.97 Å². The Balaban J connectivity index is 1.66. The maximum atomic E-state index is 8.75. The van der Waals surface area contributed by atoms with Crippen molar-refractivity contribution in [1.29, 1.82) is 0 Å². The summed E-state index contributed by atoms with van der Waals surface area (Å²) in [5.41, 5.74) is 1.71. The summed E-state index contributed by atoms with van der Waals surface area (Å²) in [6.45, 7) is 0.760. The van der Waals surface area contributed by atoms with E-state index in [1.54, 1.807) is 18.2 Å². The Morgan fingerprint density at radius 3 is 2.92 bits per heavy atom. The number of rotatable bonds is 4.